The quantitative estimate of drug-likeness (QED) is 0.635. The Morgan fingerprint density at radius 3 is 2.44 bits per heavy atom. The second kappa shape index (κ2) is 10.4. The molecular formula is C18H17BrN4O3S. The second-order valence-corrected chi connectivity index (χ2v) is 7.86. The Bertz CT molecular complexity index is 848. The number of hydrogen-bond donors (Lipinski definition) is 2. The molecule has 7 nitrogen and oxygen atoms in total. The zero-order valence-electron chi connectivity index (χ0n) is 14.3. The first-order chi connectivity index (χ1) is 13.0. The summed E-state index contributed by atoms with van der Waals surface area (Å²) in [5, 5.41) is 8.79. The van der Waals surface area contributed by atoms with Gasteiger partial charge in [0.1, 0.15) is 0 Å². The summed E-state index contributed by atoms with van der Waals surface area (Å²) in [6.45, 7) is 0.255. The lowest BCUT2D eigenvalue weighted by Gasteiger charge is -2.21. The fourth-order valence-corrected chi connectivity index (χ4v) is 3.49. The van der Waals surface area contributed by atoms with E-state index in [9.17, 15) is 14.4 Å². The Balaban J connectivity index is 1.84. The predicted molar refractivity (Wildman–Crippen MR) is 106 cm³/mol. The van der Waals surface area contributed by atoms with Gasteiger partial charge in [-0.05, 0) is 40.2 Å². The van der Waals surface area contributed by atoms with Crippen molar-refractivity contribution in [2.75, 3.05) is 11.4 Å². The number of carbonyl (C=O) groups is 3. The molecule has 27 heavy (non-hydrogen) atoms. The first-order valence-electron chi connectivity index (χ1n) is 8.08. The Morgan fingerprint density at radius 2 is 1.81 bits per heavy atom. The molecule has 2 N–H and O–H groups in total. The van der Waals surface area contributed by atoms with Gasteiger partial charge in [-0.2, -0.15) is 5.26 Å². The molecule has 1 aromatic carbocycles. The number of halogens is 1. The van der Waals surface area contributed by atoms with Crippen LogP contribution in [0.2, 0.25) is 0 Å². The van der Waals surface area contributed by atoms with E-state index in [-0.39, 0.29) is 31.7 Å². The van der Waals surface area contributed by atoms with E-state index >= 15 is 0 Å². The average Bonchev–Trinajstić information content (AvgIpc) is 3.12. The fraction of sp³-hybridized carbons (Fsp3) is 0.222. The standard InChI is InChI=1S/C18H17BrN4O3S/c19-15-8-7-14(27-15)18(26)22-21-16(24)9-10-17(25)23(12-4-11-20)13-5-2-1-3-6-13/h1-3,5-8H,4,9-10,12H2,(H,21,24)(H,22,26). The zero-order chi connectivity index (χ0) is 19.6. The second-order valence-electron chi connectivity index (χ2n) is 5.40. The van der Waals surface area contributed by atoms with Gasteiger partial charge in [-0.15, -0.1) is 11.3 Å². The van der Waals surface area contributed by atoms with Crippen LogP contribution >= 0.6 is 27.3 Å². The summed E-state index contributed by atoms with van der Waals surface area (Å²) in [5.74, 6) is -1.16. The highest BCUT2D eigenvalue weighted by Crippen LogP contribution is 2.21. The first-order valence-corrected chi connectivity index (χ1v) is 9.69. The molecule has 0 saturated carbocycles. The van der Waals surface area contributed by atoms with Crippen molar-refractivity contribution in [2.45, 2.75) is 19.3 Å². The summed E-state index contributed by atoms with van der Waals surface area (Å²) < 4.78 is 0.808. The lowest BCUT2D eigenvalue weighted by atomic mass is 10.2. The van der Waals surface area contributed by atoms with Crippen LogP contribution in [0.3, 0.4) is 0 Å². The van der Waals surface area contributed by atoms with Crippen molar-refractivity contribution < 1.29 is 14.4 Å². The predicted octanol–water partition coefficient (Wildman–Crippen LogP) is 3.00. The molecule has 140 valence electrons. The smallest absolute Gasteiger partial charge is 0.279 e. The number of thiophene rings is 1. The number of hydrazine groups is 1. The molecule has 0 aliphatic rings. The minimum absolute atomic E-state index is 0.0351. The average molecular weight is 449 g/mol. The Morgan fingerprint density at radius 1 is 1.07 bits per heavy atom. The van der Waals surface area contributed by atoms with Crippen molar-refractivity contribution in [2.24, 2.45) is 0 Å². The largest absolute Gasteiger partial charge is 0.311 e. The van der Waals surface area contributed by atoms with Gasteiger partial charge in [0, 0.05) is 25.1 Å². The summed E-state index contributed by atoms with van der Waals surface area (Å²) in [6, 6.07) is 14.4. The minimum Gasteiger partial charge on any atom is -0.311 e. The third-order valence-electron chi connectivity index (χ3n) is 3.49. The number of nitriles is 1. The van der Waals surface area contributed by atoms with Crippen LogP contribution in [0.4, 0.5) is 5.69 Å². The summed E-state index contributed by atoms with van der Waals surface area (Å²) in [5.41, 5.74) is 5.29. The molecule has 1 aromatic heterocycles. The molecule has 2 rings (SSSR count). The molecule has 2 aromatic rings. The maximum Gasteiger partial charge on any atom is 0.279 e. The van der Waals surface area contributed by atoms with E-state index < -0.39 is 11.8 Å². The SMILES string of the molecule is N#CCCN(C(=O)CCC(=O)NNC(=O)c1ccc(Br)s1)c1ccccc1. The van der Waals surface area contributed by atoms with Crippen LogP contribution in [0.1, 0.15) is 28.9 Å². The number of amides is 3. The third kappa shape index (κ3) is 6.51. The van der Waals surface area contributed by atoms with E-state index in [1.54, 1.807) is 36.4 Å². The Hall–Kier alpha value is -2.70. The number of para-hydroxylation sites is 1. The van der Waals surface area contributed by atoms with Gasteiger partial charge in [0.2, 0.25) is 11.8 Å². The molecule has 0 spiro atoms. The van der Waals surface area contributed by atoms with Gasteiger partial charge in [-0.25, -0.2) is 0 Å². The molecule has 0 aliphatic heterocycles. The lowest BCUT2D eigenvalue weighted by Crippen LogP contribution is -2.42. The molecule has 0 saturated heterocycles. The van der Waals surface area contributed by atoms with Gasteiger partial charge in [0.15, 0.2) is 0 Å². The van der Waals surface area contributed by atoms with Crippen LogP contribution in [0.25, 0.3) is 0 Å². The van der Waals surface area contributed by atoms with Gasteiger partial charge in [-0.1, -0.05) is 18.2 Å². The van der Waals surface area contributed by atoms with Crippen molar-refractivity contribution >= 4 is 50.7 Å². The number of carbonyl (C=O) groups excluding carboxylic acids is 3. The van der Waals surface area contributed by atoms with Crippen molar-refractivity contribution in [3.8, 4) is 6.07 Å². The molecule has 3 amide bonds. The highest BCUT2D eigenvalue weighted by Gasteiger charge is 2.17. The third-order valence-corrected chi connectivity index (χ3v) is 5.12. The van der Waals surface area contributed by atoms with Crippen molar-refractivity contribution in [3.05, 3.63) is 51.1 Å². The lowest BCUT2D eigenvalue weighted by molar-refractivity contribution is -0.125. The number of nitrogens with one attached hydrogen (secondary N) is 2. The zero-order valence-corrected chi connectivity index (χ0v) is 16.7. The molecule has 9 heteroatoms. The van der Waals surface area contributed by atoms with Crippen LogP contribution < -0.4 is 15.8 Å². The molecule has 0 unspecified atom stereocenters. The molecular weight excluding hydrogens is 432 g/mol. The summed E-state index contributed by atoms with van der Waals surface area (Å²) in [4.78, 5) is 38.2. The molecule has 0 aliphatic carbocycles. The van der Waals surface area contributed by atoms with E-state index in [1.807, 2.05) is 12.1 Å². The van der Waals surface area contributed by atoms with Gasteiger partial charge < -0.3 is 4.90 Å². The van der Waals surface area contributed by atoms with Crippen LogP contribution in [0.5, 0.6) is 0 Å². The number of anilines is 1. The summed E-state index contributed by atoms with van der Waals surface area (Å²) >= 11 is 4.50. The van der Waals surface area contributed by atoms with Crippen molar-refractivity contribution in [1.82, 2.24) is 10.9 Å². The van der Waals surface area contributed by atoms with E-state index in [2.05, 4.69) is 26.8 Å². The van der Waals surface area contributed by atoms with E-state index in [0.29, 0.717) is 10.6 Å². The normalized spacial score (nSPS) is 9.93. The molecule has 0 fully saturated rings. The number of benzene rings is 1. The topological polar surface area (TPSA) is 102 Å². The monoisotopic (exact) mass is 448 g/mol. The van der Waals surface area contributed by atoms with Crippen LogP contribution in [0.15, 0.2) is 46.3 Å². The molecule has 1 heterocycles. The number of nitrogens with zero attached hydrogens (tertiary/aromatic N) is 2. The van der Waals surface area contributed by atoms with Gasteiger partial charge in [0.05, 0.1) is 21.2 Å². The van der Waals surface area contributed by atoms with E-state index in [0.717, 1.165) is 3.79 Å². The van der Waals surface area contributed by atoms with E-state index in [4.69, 9.17) is 5.26 Å². The van der Waals surface area contributed by atoms with Gasteiger partial charge in [-0.3, -0.25) is 25.2 Å². The van der Waals surface area contributed by atoms with Crippen molar-refractivity contribution in [3.63, 3.8) is 0 Å². The maximum absolute atomic E-state index is 12.5. The number of hydrogen-bond acceptors (Lipinski definition) is 5. The number of rotatable bonds is 7. The molecule has 0 radical (unpaired) electrons. The van der Waals surface area contributed by atoms with E-state index in [1.165, 1.54) is 16.2 Å². The molecule has 0 bridgehead atoms. The fourth-order valence-electron chi connectivity index (χ4n) is 2.21. The summed E-state index contributed by atoms with van der Waals surface area (Å²) in [6.07, 6.45) is 0.0783. The van der Waals surface area contributed by atoms with Crippen LogP contribution in [0, 0.1) is 11.3 Å². The summed E-state index contributed by atoms with van der Waals surface area (Å²) in [7, 11) is 0. The first kappa shape index (κ1) is 20.6. The van der Waals surface area contributed by atoms with Gasteiger partial charge in [0.25, 0.3) is 5.91 Å². The molecule has 0 atom stereocenters. The Kier molecular flexibility index (Phi) is 7.98. The highest BCUT2D eigenvalue weighted by atomic mass is 79.9. The highest BCUT2D eigenvalue weighted by molar-refractivity contribution is 9.11. The van der Waals surface area contributed by atoms with Crippen molar-refractivity contribution in [1.29, 1.82) is 5.26 Å². The van der Waals surface area contributed by atoms with Crippen LogP contribution in [-0.2, 0) is 9.59 Å². The minimum atomic E-state index is -0.472. The maximum atomic E-state index is 12.5. The Labute approximate surface area is 169 Å². The van der Waals surface area contributed by atoms with Gasteiger partial charge >= 0.3 is 0 Å². The van der Waals surface area contributed by atoms with Crippen LogP contribution in [-0.4, -0.2) is 24.3 Å².